The van der Waals surface area contributed by atoms with Crippen molar-refractivity contribution >= 4 is 0 Å². The molecule has 0 bridgehead atoms. The second-order valence-corrected chi connectivity index (χ2v) is 3.14. The van der Waals surface area contributed by atoms with Gasteiger partial charge in [-0.15, -0.1) is 0 Å². The summed E-state index contributed by atoms with van der Waals surface area (Å²) >= 11 is 0. The van der Waals surface area contributed by atoms with Crippen molar-refractivity contribution in [2.45, 2.75) is 26.4 Å². The van der Waals surface area contributed by atoms with Crippen LogP contribution in [-0.4, -0.2) is 33.3 Å². The van der Waals surface area contributed by atoms with Gasteiger partial charge in [-0.05, 0) is 14.0 Å². The second-order valence-electron chi connectivity index (χ2n) is 3.14. The van der Waals surface area contributed by atoms with Crippen LogP contribution in [0.15, 0.2) is 6.33 Å². The molecule has 0 saturated heterocycles. The quantitative estimate of drug-likeness (QED) is 0.688. The molecule has 1 rings (SSSR count). The van der Waals surface area contributed by atoms with E-state index in [4.69, 9.17) is 5.26 Å². The predicted molar refractivity (Wildman–Crippen MR) is 52.3 cm³/mol. The van der Waals surface area contributed by atoms with Gasteiger partial charge in [-0.2, -0.15) is 10.4 Å². The number of hydrogen-bond acceptors (Lipinski definition) is 4. The molecule has 1 heterocycles. The third-order valence-corrected chi connectivity index (χ3v) is 2.01. The van der Waals surface area contributed by atoms with E-state index in [1.165, 1.54) is 0 Å². The monoisotopic (exact) mass is 193 g/mol. The van der Waals surface area contributed by atoms with E-state index in [2.05, 4.69) is 21.1 Å². The third kappa shape index (κ3) is 2.82. The van der Waals surface area contributed by atoms with Crippen LogP contribution in [0.5, 0.6) is 0 Å². The minimum atomic E-state index is 0.552. The molecule has 0 spiro atoms. The molecule has 0 aliphatic rings. The van der Waals surface area contributed by atoms with Crippen molar-refractivity contribution in [2.24, 2.45) is 0 Å². The molecule has 0 aliphatic heterocycles. The van der Waals surface area contributed by atoms with Crippen LogP contribution >= 0.6 is 0 Å². The molecule has 0 N–H and O–H groups in total. The van der Waals surface area contributed by atoms with Gasteiger partial charge in [0.25, 0.3) is 0 Å². The van der Waals surface area contributed by atoms with Gasteiger partial charge in [0.15, 0.2) is 0 Å². The van der Waals surface area contributed by atoms with Crippen LogP contribution in [0, 0.1) is 11.3 Å². The zero-order chi connectivity index (χ0) is 10.4. The number of hydrogen-bond donors (Lipinski definition) is 0. The molecular formula is C9H15N5. The summed E-state index contributed by atoms with van der Waals surface area (Å²) in [5.41, 5.74) is 0. The molecule has 14 heavy (non-hydrogen) atoms. The predicted octanol–water partition coefficient (Wildman–Crippen LogP) is 0.643. The Labute approximate surface area is 84.0 Å². The van der Waals surface area contributed by atoms with Gasteiger partial charge < -0.3 is 0 Å². The Morgan fingerprint density at radius 3 is 3.07 bits per heavy atom. The number of nitrogens with zero attached hydrogens (tertiary/aromatic N) is 5. The zero-order valence-electron chi connectivity index (χ0n) is 8.64. The first-order valence-electron chi connectivity index (χ1n) is 4.70. The van der Waals surface area contributed by atoms with E-state index in [1.807, 2.05) is 18.7 Å². The van der Waals surface area contributed by atoms with Crippen molar-refractivity contribution in [3.8, 4) is 6.07 Å². The van der Waals surface area contributed by atoms with Crippen LogP contribution in [0.4, 0.5) is 0 Å². The maximum Gasteiger partial charge on any atom is 0.140 e. The molecule has 0 atom stereocenters. The highest BCUT2D eigenvalue weighted by Gasteiger charge is 2.05. The van der Waals surface area contributed by atoms with E-state index < -0.39 is 0 Å². The minimum Gasteiger partial charge on any atom is -0.298 e. The van der Waals surface area contributed by atoms with Crippen molar-refractivity contribution in [2.75, 3.05) is 13.6 Å². The Kier molecular flexibility index (Phi) is 4.08. The van der Waals surface area contributed by atoms with Crippen LogP contribution < -0.4 is 0 Å². The standard InChI is InChI=1S/C9H15N5/c1-3-14-9(11-8-12-14)7-13(2)6-4-5-10/h8H,3-4,6-7H2,1-2H3. The van der Waals surface area contributed by atoms with Crippen molar-refractivity contribution in [3.05, 3.63) is 12.2 Å². The molecule has 0 fully saturated rings. The SMILES string of the molecule is CCn1ncnc1CN(C)CCC#N. The maximum atomic E-state index is 8.43. The van der Waals surface area contributed by atoms with E-state index in [0.29, 0.717) is 6.42 Å². The molecule has 1 aromatic heterocycles. The Morgan fingerprint density at radius 1 is 1.64 bits per heavy atom. The van der Waals surface area contributed by atoms with Gasteiger partial charge >= 0.3 is 0 Å². The molecule has 0 saturated carbocycles. The summed E-state index contributed by atoms with van der Waals surface area (Å²) in [5.74, 6) is 0.952. The molecule has 76 valence electrons. The Bertz CT molecular complexity index is 311. The van der Waals surface area contributed by atoms with Gasteiger partial charge in [0.2, 0.25) is 0 Å². The first-order chi connectivity index (χ1) is 6.77. The normalized spacial score (nSPS) is 10.4. The van der Waals surface area contributed by atoms with Gasteiger partial charge in [0, 0.05) is 19.5 Å². The lowest BCUT2D eigenvalue weighted by Crippen LogP contribution is -2.21. The minimum absolute atomic E-state index is 0.552. The first kappa shape index (κ1) is 10.7. The van der Waals surface area contributed by atoms with E-state index in [1.54, 1.807) is 6.33 Å². The molecule has 0 aliphatic carbocycles. The van der Waals surface area contributed by atoms with E-state index in [9.17, 15) is 0 Å². The molecule has 5 heteroatoms. The summed E-state index contributed by atoms with van der Waals surface area (Å²) in [7, 11) is 1.98. The molecule has 0 aromatic carbocycles. The number of aromatic nitrogens is 3. The van der Waals surface area contributed by atoms with Crippen molar-refractivity contribution in [3.63, 3.8) is 0 Å². The average molecular weight is 193 g/mol. The van der Waals surface area contributed by atoms with Crippen LogP contribution in [-0.2, 0) is 13.1 Å². The molecular weight excluding hydrogens is 178 g/mol. The van der Waals surface area contributed by atoms with Crippen molar-refractivity contribution in [1.82, 2.24) is 19.7 Å². The van der Waals surface area contributed by atoms with Gasteiger partial charge in [-0.1, -0.05) is 0 Å². The summed E-state index contributed by atoms with van der Waals surface area (Å²) in [4.78, 5) is 6.23. The maximum absolute atomic E-state index is 8.43. The third-order valence-electron chi connectivity index (χ3n) is 2.01. The number of aryl methyl sites for hydroxylation is 1. The Morgan fingerprint density at radius 2 is 2.43 bits per heavy atom. The fraction of sp³-hybridized carbons (Fsp3) is 0.667. The largest absolute Gasteiger partial charge is 0.298 e. The lowest BCUT2D eigenvalue weighted by Gasteiger charge is -2.13. The summed E-state index contributed by atoms with van der Waals surface area (Å²) in [6, 6.07) is 2.12. The fourth-order valence-corrected chi connectivity index (χ4v) is 1.24. The molecule has 0 radical (unpaired) electrons. The molecule has 5 nitrogen and oxygen atoms in total. The smallest absolute Gasteiger partial charge is 0.140 e. The van der Waals surface area contributed by atoms with E-state index >= 15 is 0 Å². The van der Waals surface area contributed by atoms with Crippen molar-refractivity contribution < 1.29 is 0 Å². The summed E-state index contributed by atoms with van der Waals surface area (Å²) in [6.07, 6.45) is 2.12. The second kappa shape index (κ2) is 5.35. The van der Waals surface area contributed by atoms with E-state index in [-0.39, 0.29) is 0 Å². The molecule has 0 amide bonds. The average Bonchev–Trinajstić information content (AvgIpc) is 2.62. The van der Waals surface area contributed by atoms with Gasteiger partial charge in [0.05, 0.1) is 12.6 Å². The van der Waals surface area contributed by atoms with Crippen molar-refractivity contribution in [1.29, 1.82) is 5.26 Å². The fourth-order valence-electron chi connectivity index (χ4n) is 1.24. The number of nitriles is 1. The first-order valence-corrected chi connectivity index (χ1v) is 4.70. The zero-order valence-corrected chi connectivity index (χ0v) is 8.64. The van der Waals surface area contributed by atoms with E-state index in [0.717, 1.165) is 25.5 Å². The van der Waals surface area contributed by atoms with Crippen LogP contribution in [0.2, 0.25) is 0 Å². The summed E-state index contributed by atoms with van der Waals surface area (Å²) in [5, 5.41) is 12.5. The van der Waals surface area contributed by atoms with Gasteiger partial charge in [-0.3, -0.25) is 4.90 Å². The molecule has 1 aromatic rings. The Balaban J connectivity index is 2.47. The highest BCUT2D eigenvalue weighted by atomic mass is 15.3. The lowest BCUT2D eigenvalue weighted by atomic mass is 10.4. The highest BCUT2D eigenvalue weighted by Crippen LogP contribution is 1.99. The van der Waals surface area contributed by atoms with Crippen LogP contribution in [0.25, 0.3) is 0 Å². The summed E-state index contributed by atoms with van der Waals surface area (Å²) in [6.45, 7) is 4.39. The molecule has 0 unspecified atom stereocenters. The lowest BCUT2D eigenvalue weighted by molar-refractivity contribution is 0.318. The Hall–Kier alpha value is -1.41. The summed E-state index contributed by atoms with van der Waals surface area (Å²) < 4.78 is 1.86. The van der Waals surface area contributed by atoms with Gasteiger partial charge in [-0.25, -0.2) is 9.67 Å². The highest BCUT2D eigenvalue weighted by molar-refractivity contribution is 4.84. The topological polar surface area (TPSA) is 57.7 Å². The van der Waals surface area contributed by atoms with Crippen LogP contribution in [0.3, 0.4) is 0 Å². The number of rotatable bonds is 5. The van der Waals surface area contributed by atoms with Crippen LogP contribution in [0.1, 0.15) is 19.2 Å². The van der Waals surface area contributed by atoms with Gasteiger partial charge in [0.1, 0.15) is 12.2 Å².